The molecule has 16 heavy (non-hydrogen) atoms. The average Bonchev–Trinajstić information content (AvgIpc) is 2.61. The van der Waals surface area contributed by atoms with E-state index in [1.807, 2.05) is 18.5 Å². The van der Waals surface area contributed by atoms with Crippen LogP contribution < -0.4 is 5.32 Å². The van der Waals surface area contributed by atoms with Gasteiger partial charge in [-0.2, -0.15) is 0 Å². The number of aliphatic hydroxyl groups is 1. The predicted octanol–water partition coefficient (Wildman–Crippen LogP) is 0.576. The molecular formula is C10H20N4OS. The quantitative estimate of drug-likeness (QED) is 0.687. The van der Waals surface area contributed by atoms with Crippen LogP contribution >= 0.6 is 11.8 Å². The third-order valence-electron chi connectivity index (χ3n) is 2.37. The first-order chi connectivity index (χ1) is 7.69. The molecular weight excluding hydrogens is 224 g/mol. The van der Waals surface area contributed by atoms with Gasteiger partial charge in [-0.25, -0.2) is 0 Å². The molecule has 0 spiro atoms. The van der Waals surface area contributed by atoms with Crippen molar-refractivity contribution >= 4 is 11.8 Å². The summed E-state index contributed by atoms with van der Waals surface area (Å²) in [5, 5.41) is 21.4. The van der Waals surface area contributed by atoms with Crippen LogP contribution in [0.4, 0.5) is 0 Å². The number of aryl methyl sites for hydroxylation is 1. The molecule has 1 heterocycles. The maximum atomic E-state index is 9.19. The van der Waals surface area contributed by atoms with Crippen LogP contribution in [0.1, 0.15) is 19.2 Å². The lowest BCUT2D eigenvalue weighted by Gasteiger charge is -2.14. The summed E-state index contributed by atoms with van der Waals surface area (Å²) in [7, 11) is 1.95. The molecule has 1 aromatic heterocycles. The van der Waals surface area contributed by atoms with E-state index in [2.05, 4.69) is 22.4 Å². The first-order valence-electron chi connectivity index (χ1n) is 5.52. The normalized spacial score (nSPS) is 13.0. The molecule has 0 radical (unpaired) electrons. The van der Waals surface area contributed by atoms with Gasteiger partial charge in [0.1, 0.15) is 5.82 Å². The Kier molecular flexibility index (Phi) is 5.79. The summed E-state index contributed by atoms with van der Waals surface area (Å²) in [6.45, 7) is 5.13. The van der Waals surface area contributed by atoms with Crippen LogP contribution in [0.3, 0.4) is 0 Å². The Bertz CT molecular complexity index is 316. The zero-order valence-corrected chi connectivity index (χ0v) is 10.9. The van der Waals surface area contributed by atoms with E-state index in [1.54, 1.807) is 11.8 Å². The maximum Gasteiger partial charge on any atom is 0.190 e. The highest BCUT2D eigenvalue weighted by Gasteiger charge is 2.10. The van der Waals surface area contributed by atoms with Gasteiger partial charge >= 0.3 is 0 Å². The van der Waals surface area contributed by atoms with Gasteiger partial charge in [0.05, 0.1) is 6.61 Å². The fourth-order valence-corrected chi connectivity index (χ4v) is 2.21. The zero-order chi connectivity index (χ0) is 12.0. The van der Waals surface area contributed by atoms with E-state index in [0.29, 0.717) is 0 Å². The van der Waals surface area contributed by atoms with Crippen LogP contribution in [-0.2, 0) is 7.05 Å². The largest absolute Gasteiger partial charge is 0.395 e. The van der Waals surface area contributed by atoms with Gasteiger partial charge in [-0.15, -0.1) is 10.2 Å². The molecule has 0 aliphatic heterocycles. The third kappa shape index (κ3) is 3.77. The van der Waals surface area contributed by atoms with Crippen LogP contribution in [0.25, 0.3) is 0 Å². The molecule has 1 rings (SSSR count). The molecule has 1 atom stereocenters. The molecule has 2 N–H and O–H groups in total. The van der Waals surface area contributed by atoms with Gasteiger partial charge in [-0.3, -0.25) is 0 Å². The van der Waals surface area contributed by atoms with Crippen molar-refractivity contribution in [1.82, 2.24) is 20.1 Å². The predicted molar refractivity (Wildman–Crippen MR) is 65.6 cm³/mol. The van der Waals surface area contributed by atoms with E-state index in [1.165, 1.54) is 0 Å². The molecule has 5 nitrogen and oxygen atoms in total. The van der Waals surface area contributed by atoms with Crippen molar-refractivity contribution in [3.05, 3.63) is 5.82 Å². The molecule has 0 aliphatic carbocycles. The number of thioether (sulfide) groups is 1. The SMILES string of the molecule is CCCNC(CO)CSc1nnc(C)n1C. The highest BCUT2D eigenvalue weighted by Crippen LogP contribution is 2.16. The van der Waals surface area contributed by atoms with E-state index < -0.39 is 0 Å². The second-order valence-corrected chi connectivity index (χ2v) is 4.72. The Labute approximate surface area is 101 Å². The highest BCUT2D eigenvalue weighted by molar-refractivity contribution is 7.99. The number of rotatable bonds is 7. The lowest BCUT2D eigenvalue weighted by Crippen LogP contribution is -2.35. The molecule has 0 bridgehead atoms. The molecule has 92 valence electrons. The molecule has 1 unspecified atom stereocenters. The van der Waals surface area contributed by atoms with Crippen LogP contribution in [-0.4, -0.2) is 44.8 Å². The monoisotopic (exact) mass is 244 g/mol. The Hall–Kier alpha value is -0.590. The summed E-state index contributed by atoms with van der Waals surface area (Å²) in [5.41, 5.74) is 0. The van der Waals surface area contributed by atoms with Gasteiger partial charge < -0.3 is 15.0 Å². The number of hydrogen-bond acceptors (Lipinski definition) is 5. The number of aliphatic hydroxyl groups excluding tert-OH is 1. The lowest BCUT2D eigenvalue weighted by molar-refractivity contribution is 0.254. The fourth-order valence-electron chi connectivity index (χ4n) is 1.21. The molecule has 0 saturated heterocycles. The number of hydrogen-bond donors (Lipinski definition) is 2. The van der Waals surface area contributed by atoms with E-state index in [4.69, 9.17) is 0 Å². The second-order valence-electron chi connectivity index (χ2n) is 3.73. The van der Waals surface area contributed by atoms with Crippen LogP contribution in [0.2, 0.25) is 0 Å². The summed E-state index contributed by atoms with van der Waals surface area (Å²) in [4.78, 5) is 0. The van der Waals surface area contributed by atoms with Gasteiger partial charge in [0, 0.05) is 18.8 Å². The summed E-state index contributed by atoms with van der Waals surface area (Å²) >= 11 is 1.62. The standard InChI is InChI=1S/C10H20N4OS/c1-4-5-11-9(6-15)7-16-10-13-12-8(2)14(10)3/h9,11,15H,4-7H2,1-3H3. The molecule has 0 amide bonds. The van der Waals surface area contributed by atoms with Crippen molar-refractivity contribution in [2.45, 2.75) is 31.5 Å². The molecule has 0 aliphatic rings. The van der Waals surface area contributed by atoms with E-state index >= 15 is 0 Å². The average molecular weight is 244 g/mol. The smallest absolute Gasteiger partial charge is 0.190 e. The van der Waals surface area contributed by atoms with Crippen molar-refractivity contribution in [3.63, 3.8) is 0 Å². The zero-order valence-electron chi connectivity index (χ0n) is 10.1. The molecule has 0 saturated carbocycles. The molecule has 6 heteroatoms. The van der Waals surface area contributed by atoms with Crippen LogP contribution in [0.15, 0.2) is 5.16 Å². The Morgan fingerprint density at radius 1 is 1.50 bits per heavy atom. The van der Waals surface area contributed by atoms with E-state index in [0.717, 1.165) is 29.7 Å². The first-order valence-corrected chi connectivity index (χ1v) is 6.50. The van der Waals surface area contributed by atoms with Gasteiger partial charge in [0.25, 0.3) is 0 Å². The van der Waals surface area contributed by atoms with Crippen LogP contribution in [0.5, 0.6) is 0 Å². The summed E-state index contributed by atoms with van der Waals surface area (Å²) in [6.07, 6.45) is 1.07. The van der Waals surface area contributed by atoms with Crippen molar-refractivity contribution in [1.29, 1.82) is 0 Å². The second kappa shape index (κ2) is 6.88. The van der Waals surface area contributed by atoms with Crippen LogP contribution in [0, 0.1) is 6.92 Å². The minimum atomic E-state index is 0.127. The summed E-state index contributed by atoms with van der Waals surface area (Å²) in [5.74, 6) is 1.72. The van der Waals surface area contributed by atoms with Crippen molar-refractivity contribution in [2.75, 3.05) is 18.9 Å². The number of aromatic nitrogens is 3. The van der Waals surface area contributed by atoms with Gasteiger partial charge in [0.15, 0.2) is 5.16 Å². The fraction of sp³-hybridized carbons (Fsp3) is 0.800. The van der Waals surface area contributed by atoms with Crippen molar-refractivity contribution < 1.29 is 5.11 Å². The summed E-state index contributed by atoms with van der Waals surface area (Å²) in [6, 6.07) is 0.127. The number of nitrogens with one attached hydrogen (secondary N) is 1. The van der Waals surface area contributed by atoms with Gasteiger partial charge in [-0.05, 0) is 19.9 Å². The Morgan fingerprint density at radius 2 is 2.25 bits per heavy atom. The highest BCUT2D eigenvalue weighted by atomic mass is 32.2. The molecule has 1 aromatic rings. The van der Waals surface area contributed by atoms with E-state index in [-0.39, 0.29) is 12.6 Å². The first kappa shape index (κ1) is 13.5. The molecule has 0 fully saturated rings. The van der Waals surface area contributed by atoms with Crippen molar-refractivity contribution in [2.24, 2.45) is 7.05 Å². The van der Waals surface area contributed by atoms with Crippen molar-refractivity contribution in [3.8, 4) is 0 Å². The van der Waals surface area contributed by atoms with Gasteiger partial charge in [0.2, 0.25) is 0 Å². The third-order valence-corrected chi connectivity index (χ3v) is 3.55. The Morgan fingerprint density at radius 3 is 2.75 bits per heavy atom. The Balaban J connectivity index is 2.40. The minimum absolute atomic E-state index is 0.127. The lowest BCUT2D eigenvalue weighted by atomic mass is 10.3. The number of nitrogens with zero attached hydrogens (tertiary/aromatic N) is 3. The van der Waals surface area contributed by atoms with Gasteiger partial charge in [-0.1, -0.05) is 18.7 Å². The van der Waals surface area contributed by atoms with E-state index in [9.17, 15) is 5.11 Å². The minimum Gasteiger partial charge on any atom is -0.395 e. The molecule has 0 aromatic carbocycles. The topological polar surface area (TPSA) is 63.0 Å². The summed E-state index contributed by atoms with van der Waals surface area (Å²) < 4.78 is 1.96. The maximum absolute atomic E-state index is 9.19.